The highest BCUT2D eigenvalue weighted by Gasteiger charge is 2.21. The molecule has 1 aliphatic rings. The van der Waals surface area contributed by atoms with Gasteiger partial charge in [0.05, 0.1) is 0 Å². The summed E-state index contributed by atoms with van der Waals surface area (Å²) in [7, 11) is 0. The van der Waals surface area contributed by atoms with E-state index in [-0.39, 0.29) is 0 Å². The van der Waals surface area contributed by atoms with Crippen LogP contribution in [0, 0.1) is 18.8 Å². The van der Waals surface area contributed by atoms with Gasteiger partial charge < -0.3 is 10.2 Å². The van der Waals surface area contributed by atoms with Gasteiger partial charge in [-0.15, -0.1) is 0 Å². The maximum atomic E-state index is 3.60. The molecule has 2 rings (SSSR count). The molecule has 2 heteroatoms. The lowest BCUT2D eigenvalue weighted by Gasteiger charge is -2.17. The maximum absolute atomic E-state index is 3.60. The highest BCUT2D eigenvalue weighted by molar-refractivity contribution is 5.25. The van der Waals surface area contributed by atoms with Crippen LogP contribution in [-0.2, 0) is 6.42 Å². The van der Waals surface area contributed by atoms with Crippen molar-refractivity contribution in [3.8, 4) is 0 Å². The normalized spacial score (nSPS) is 19.9. The first-order valence-corrected chi connectivity index (χ1v) is 8.12. The van der Waals surface area contributed by atoms with Gasteiger partial charge in [-0.3, -0.25) is 0 Å². The zero-order valence-electron chi connectivity index (χ0n) is 13.4. The van der Waals surface area contributed by atoms with E-state index >= 15 is 0 Å². The van der Waals surface area contributed by atoms with Crippen LogP contribution in [-0.4, -0.2) is 37.6 Å². The van der Waals surface area contributed by atoms with E-state index in [0.717, 1.165) is 18.4 Å². The number of aryl methyl sites for hydroxylation is 1. The zero-order chi connectivity index (χ0) is 14.4. The van der Waals surface area contributed by atoms with Crippen molar-refractivity contribution in [1.29, 1.82) is 0 Å². The summed E-state index contributed by atoms with van der Waals surface area (Å²) in [6, 6.07) is 8.78. The molecule has 20 heavy (non-hydrogen) atoms. The lowest BCUT2D eigenvalue weighted by atomic mass is 10.1. The fourth-order valence-corrected chi connectivity index (χ4v) is 3.03. The van der Waals surface area contributed by atoms with Gasteiger partial charge >= 0.3 is 0 Å². The van der Waals surface area contributed by atoms with Crippen molar-refractivity contribution >= 4 is 0 Å². The molecule has 1 heterocycles. The van der Waals surface area contributed by atoms with E-state index in [4.69, 9.17) is 0 Å². The Balaban J connectivity index is 1.67. The van der Waals surface area contributed by atoms with Gasteiger partial charge in [-0.25, -0.2) is 0 Å². The number of likely N-dealkylation sites (tertiary alicyclic amines) is 1. The van der Waals surface area contributed by atoms with Gasteiger partial charge in [-0.1, -0.05) is 38.1 Å². The fraction of sp³-hybridized carbons (Fsp3) is 0.667. The molecule has 1 aliphatic heterocycles. The van der Waals surface area contributed by atoms with E-state index in [9.17, 15) is 0 Å². The van der Waals surface area contributed by atoms with E-state index in [0.29, 0.717) is 0 Å². The van der Waals surface area contributed by atoms with E-state index in [1.807, 2.05) is 0 Å². The molecule has 0 amide bonds. The first kappa shape index (κ1) is 15.5. The fourth-order valence-electron chi connectivity index (χ4n) is 3.03. The smallest absolute Gasteiger partial charge is 0.00224 e. The van der Waals surface area contributed by atoms with Gasteiger partial charge in [0.25, 0.3) is 0 Å². The SMILES string of the molecule is Cc1ccccc1CCN1CCC(CNCC(C)C)C1. The number of benzene rings is 1. The van der Waals surface area contributed by atoms with Crippen molar-refractivity contribution in [2.24, 2.45) is 11.8 Å². The second-order valence-corrected chi connectivity index (χ2v) is 6.68. The van der Waals surface area contributed by atoms with Crippen molar-refractivity contribution in [2.75, 3.05) is 32.7 Å². The summed E-state index contributed by atoms with van der Waals surface area (Å²) in [6.07, 6.45) is 2.55. The Morgan fingerprint density at radius 1 is 1.30 bits per heavy atom. The lowest BCUT2D eigenvalue weighted by molar-refractivity contribution is 0.324. The number of hydrogen-bond acceptors (Lipinski definition) is 2. The monoisotopic (exact) mass is 274 g/mol. The van der Waals surface area contributed by atoms with Gasteiger partial charge in [0.15, 0.2) is 0 Å². The standard InChI is InChI=1S/C18H30N2/c1-15(2)12-19-13-17-8-10-20(14-17)11-9-18-7-5-4-6-16(18)3/h4-7,15,17,19H,8-14H2,1-3H3. The summed E-state index contributed by atoms with van der Waals surface area (Å²) in [5.41, 5.74) is 2.94. The molecular formula is C18H30N2. The molecule has 0 saturated carbocycles. The van der Waals surface area contributed by atoms with Crippen LogP contribution in [0.4, 0.5) is 0 Å². The molecule has 0 aliphatic carbocycles. The molecule has 1 aromatic rings. The molecule has 0 radical (unpaired) electrons. The largest absolute Gasteiger partial charge is 0.316 e. The van der Waals surface area contributed by atoms with Gasteiger partial charge in [-0.05, 0) is 62.4 Å². The predicted molar refractivity (Wildman–Crippen MR) is 87.1 cm³/mol. The van der Waals surface area contributed by atoms with Crippen molar-refractivity contribution < 1.29 is 0 Å². The minimum Gasteiger partial charge on any atom is -0.316 e. The van der Waals surface area contributed by atoms with Crippen LogP contribution in [0.25, 0.3) is 0 Å². The number of nitrogens with zero attached hydrogens (tertiary/aromatic N) is 1. The minimum atomic E-state index is 0.758. The molecule has 112 valence electrons. The van der Waals surface area contributed by atoms with Crippen LogP contribution in [0.3, 0.4) is 0 Å². The molecule has 1 saturated heterocycles. The molecule has 1 aromatic carbocycles. The lowest BCUT2D eigenvalue weighted by Crippen LogP contribution is -2.29. The van der Waals surface area contributed by atoms with Crippen LogP contribution in [0.5, 0.6) is 0 Å². The molecule has 1 fully saturated rings. The van der Waals surface area contributed by atoms with Crippen LogP contribution < -0.4 is 5.32 Å². The highest BCUT2D eigenvalue weighted by Crippen LogP contribution is 2.17. The number of nitrogens with one attached hydrogen (secondary N) is 1. The van der Waals surface area contributed by atoms with Crippen molar-refractivity contribution in [1.82, 2.24) is 10.2 Å². The second-order valence-electron chi connectivity index (χ2n) is 6.68. The van der Waals surface area contributed by atoms with Gasteiger partial charge in [0, 0.05) is 13.1 Å². The molecule has 2 nitrogen and oxygen atoms in total. The first-order chi connectivity index (χ1) is 9.65. The van der Waals surface area contributed by atoms with Crippen molar-refractivity contribution in [2.45, 2.75) is 33.6 Å². The molecule has 0 spiro atoms. The summed E-state index contributed by atoms with van der Waals surface area (Å²) in [4.78, 5) is 2.63. The summed E-state index contributed by atoms with van der Waals surface area (Å²) < 4.78 is 0. The summed E-state index contributed by atoms with van der Waals surface area (Å²) >= 11 is 0. The van der Waals surface area contributed by atoms with Gasteiger partial charge in [-0.2, -0.15) is 0 Å². The minimum absolute atomic E-state index is 0.758. The highest BCUT2D eigenvalue weighted by atomic mass is 15.1. The Morgan fingerprint density at radius 3 is 2.85 bits per heavy atom. The topological polar surface area (TPSA) is 15.3 Å². The summed E-state index contributed by atoms with van der Waals surface area (Å²) in [5.74, 6) is 1.61. The van der Waals surface area contributed by atoms with E-state index in [1.165, 1.54) is 50.1 Å². The summed E-state index contributed by atoms with van der Waals surface area (Å²) in [5, 5.41) is 3.60. The maximum Gasteiger partial charge on any atom is 0.00224 e. The van der Waals surface area contributed by atoms with Gasteiger partial charge in [0.2, 0.25) is 0 Å². The molecular weight excluding hydrogens is 244 g/mol. The third kappa shape index (κ3) is 4.92. The Morgan fingerprint density at radius 2 is 2.10 bits per heavy atom. The first-order valence-electron chi connectivity index (χ1n) is 8.12. The Labute approximate surface area is 124 Å². The Bertz CT molecular complexity index is 400. The van der Waals surface area contributed by atoms with Crippen LogP contribution in [0.15, 0.2) is 24.3 Å². The third-order valence-electron chi connectivity index (χ3n) is 4.31. The molecule has 1 atom stereocenters. The third-order valence-corrected chi connectivity index (χ3v) is 4.31. The molecule has 0 bridgehead atoms. The summed E-state index contributed by atoms with van der Waals surface area (Å²) in [6.45, 7) is 12.9. The van der Waals surface area contributed by atoms with E-state index in [2.05, 4.69) is 55.3 Å². The molecule has 1 N–H and O–H groups in total. The predicted octanol–water partition coefficient (Wildman–Crippen LogP) is 3.11. The Kier molecular flexibility index (Phi) is 6.06. The van der Waals surface area contributed by atoms with Crippen LogP contribution in [0.1, 0.15) is 31.4 Å². The van der Waals surface area contributed by atoms with E-state index in [1.54, 1.807) is 0 Å². The quantitative estimate of drug-likeness (QED) is 0.822. The van der Waals surface area contributed by atoms with Crippen LogP contribution >= 0.6 is 0 Å². The van der Waals surface area contributed by atoms with E-state index < -0.39 is 0 Å². The van der Waals surface area contributed by atoms with Gasteiger partial charge in [0.1, 0.15) is 0 Å². The average Bonchev–Trinajstić information content (AvgIpc) is 2.85. The Hall–Kier alpha value is -0.860. The van der Waals surface area contributed by atoms with Crippen LogP contribution in [0.2, 0.25) is 0 Å². The molecule has 1 unspecified atom stereocenters. The number of rotatable bonds is 7. The molecule has 0 aromatic heterocycles. The van der Waals surface area contributed by atoms with Crippen molar-refractivity contribution in [3.63, 3.8) is 0 Å². The number of hydrogen-bond donors (Lipinski definition) is 1. The average molecular weight is 274 g/mol. The second kappa shape index (κ2) is 7.80. The zero-order valence-corrected chi connectivity index (χ0v) is 13.4. The van der Waals surface area contributed by atoms with Crippen molar-refractivity contribution in [3.05, 3.63) is 35.4 Å².